The zero-order valence-corrected chi connectivity index (χ0v) is 13.6. The number of anilines is 1. The van der Waals surface area contributed by atoms with Gasteiger partial charge in [-0.1, -0.05) is 0 Å². The van der Waals surface area contributed by atoms with E-state index in [1.54, 1.807) is 12.3 Å². The fourth-order valence-corrected chi connectivity index (χ4v) is 3.55. The third-order valence-corrected chi connectivity index (χ3v) is 5.15. The largest absolute Gasteiger partial charge is 0.341 e. The number of rotatable bonds is 5. The van der Waals surface area contributed by atoms with Gasteiger partial charge in [0, 0.05) is 25.4 Å². The van der Waals surface area contributed by atoms with E-state index in [2.05, 4.69) is 14.7 Å². The predicted octanol–water partition coefficient (Wildman–Crippen LogP) is 1.83. The molecule has 2 heterocycles. The van der Waals surface area contributed by atoms with Crippen molar-refractivity contribution < 1.29 is 17.2 Å². The van der Waals surface area contributed by atoms with Crippen LogP contribution in [0.1, 0.15) is 18.5 Å². The molecule has 0 aliphatic carbocycles. The molecule has 0 spiro atoms. The Bertz CT molecular complexity index is 839. The van der Waals surface area contributed by atoms with Crippen molar-refractivity contribution >= 4 is 16.0 Å². The van der Waals surface area contributed by atoms with Gasteiger partial charge < -0.3 is 4.90 Å². The van der Waals surface area contributed by atoms with Crippen molar-refractivity contribution in [2.75, 3.05) is 18.0 Å². The van der Waals surface area contributed by atoms with Crippen molar-refractivity contribution in [2.45, 2.75) is 24.3 Å². The maximum Gasteiger partial charge on any atom is 0.243 e. The highest BCUT2D eigenvalue weighted by Gasteiger charge is 2.20. The summed E-state index contributed by atoms with van der Waals surface area (Å²) >= 11 is 0. The first-order chi connectivity index (χ1) is 11.5. The first-order valence-corrected chi connectivity index (χ1v) is 8.95. The summed E-state index contributed by atoms with van der Waals surface area (Å²) in [6.45, 7) is 1.63. The number of hydrogen-bond donors (Lipinski definition) is 1. The molecule has 0 bridgehead atoms. The quantitative estimate of drug-likeness (QED) is 0.887. The lowest BCUT2D eigenvalue weighted by molar-refractivity contribution is 0.542. The Labute approximate surface area is 138 Å². The second-order valence-electron chi connectivity index (χ2n) is 5.44. The highest BCUT2D eigenvalue weighted by molar-refractivity contribution is 7.89. The summed E-state index contributed by atoms with van der Waals surface area (Å²) in [5.74, 6) is -1.42. The standard InChI is InChI=1S/C15H16F2N4O2S/c16-11-3-4-14(13(17)9-11)24(22,23)19-10-12-5-6-18-15(20-12)21-7-1-2-8-21/h3-6,9,19H,1-2,7-8,10H2. The monoisotopic (exact) mass is 354 g/mol. The van der Waals surface area contributed by atoms with E-state index in [4.69, 9.17) is 0 Å². The van der Waals surface area contributed by atoms with Crippen molar-refractivity contribution in [1.82, 2.24) is 14.7 Å². The first kappa shape index (κ1) is 16.7. The maximum atomic E-state index is 13.6. The summed E-state index contributed by atoms with van der Waals surface area (Å²) in [7, 11) is -4.10. The van der Waals surface area contributed by atoms with Crippen LogP contribution in [0.15, 0.2) is 35.4 Å². The molecule has 1 saturated heterocycles. The molecule has 24 heavy (non-hydrogen) atoms. The van der Waals surface area contributed by atoms with Crippen LogP contribution in [0.5, 0.6) is 0 Å². The fraction of sp³-hybridized carbons (Fsp3) is 0.333. The van der Waals surface area contributed by atoms with Crippen LogP contribution in [-0.4, -0.2) is 31.5 Å². The van der Waals surface area contributed by atoms with E-state index in [1.807, 2.05) is 4.90 Å². The summed E-state index contributed by atoms with van der Waals surface area (Å²) in [6, 6.07) is 3.91. The van der Waals surface area contributed by atoms with Gasteiger partial charge in [0.1, 0.15) is 16.5 Å². The SMILES string of the molecule is O=S(=O)(NCc1ccnc(N2CCCC2)n1)c1ccc(F)cc1F. The number of aromatic nitrogens is 2. The molecule has 3 rings (SSSR count). The lowest BCUT2D eigenvalue weighted by Gasteiger charge is -2.15. The molecule has 0 radical (unpaired) electrons. The zero-order valence-electron chi connectivity index (χ0n) is 12.7. The van der Waals surface area contributed by atoms with E-state index in [-0.39, 0.29) is 6.54 Å². The molecule has 0 saturated carbocycles. The van der Waals surface area contributed by atoms with Crippen LogP contribution in [0.3, 0.4) is 0 Å². The second kappa shape index (κ2) is 6.78. The van der Waals surface area contributed by atoms with E-state index < -0.39 is 26.6 Å². The minimum atomic E-state index is -4.10. The molecule has 0 amide bonds. The Kier molecular flexibility index (Phi) is 4.72. The van der Waals surface area contributed by atoms with Crippen LogP contribution in [0, 0.1) is 11.6 Å². The number of benzene rings is 1. The average molecular weight is 354 g/mol. The molecule has 0 unspecified atom stereocenters. The van der Waals surface area contributed by atoms with Crippen LogP contribution in [0.25, 0.3) is 0 Å². The lowest BCUT2D eigenvalue weighted by Crippen LogP contribution is -2.26. The average Bonchev–Trinajstić information content (AvgIpc) is 3.07. The lowest BCUT2D eigenvalue weighted by atomic mass is 10.3. The third-order valence-electron chi connectivity index (χ3n) is 3.72. The van der Waals surface area contributed by atoms with Gasteiger partial charge in [0.2, 0.25) is 16.0 Å². The topological polar surface area (TPSA) is 75.2 Å². The molecule has 1 aromatic heterocycles. The number of sulfonamides is 1. The molecule has 1 aliphatic heterocycles. The van der Waals surface area contributed by atoms with Crippen molar-refractivity contribution in [1.29, 1.82) is 0 Å². The van der Waals surface area contributed by atoms with Gasteiger partial charge in [0.15, 0.2) is 0 Å². The smallest absolute Gasteiger partial charge is 0.243 e. The summed E-state index contributed by atoms with van der Waals surface area (Å²) in [4.78, 5) is 9.93. The Morgan fingerprint density at radius 2 is 1.92 bits per heavy atom. The first-order valence-electron chi connectivity index (χ1n) is 7.47. The van der Waals surface area contributed by atoms with Gasteiger partial charge in [0.25, 0.3) is 0 Å². The van der Waals surface area contributed by atoms with E-state index in [1.165, 1.54) is 0 Å². The van der Waals surface area contributed by atoms with E-state index in [0.717, 1.165) is 38.1 Å². The van der Waals surface area contributed by atoms with Crippen LogP contribution in [0.4, 0.5) is 14.7 Å². The molecular formula is C15H16F2N4O2S. The molecule has 1 fully saturated rings. The molecule has 1 aromatic carbocycles. The molecule has 6 nitrogen and oxygen atoms in total. The highest BCUT2D eigenvalue weighted by atomic mass is 32.2. The molecule has 128 valence electrons. The van der Waals surface area contributed by atoms with E-state index in [9.17, 15) is 17.2 Å². The minimum absolute atomic E-state index is 0.109. The highest BCUT2D eigenvalue weighted by Crippen LogP contribution is 2.17. The summed E-state index contributed by atoms with van der Waals surface area (Å²) in [5.41, 5.74) is 0.470. The Hall–Kier alpha value is -2.13. The number of hydrogen-bond acceptors (Lipinski definition) is 5. The second-order valence-corrected chi connectivity index (χ2v) is 7.18. The number of halogens is 2. The van der Waals surface area contributed by atoms with Crippen LogP contribution in [0.2, 0.25) is 0 Å². The van der Waals surface area contributed by atoms with Gasteiger partial charge >= 0.3 is 0 Å². The minimum Gasteiger partial charge on any atom is -0.341 e. The van der Waals surface area contributed by atoms with E-state index in [0.29, 0.717) is 17.7 Å². The van der Waals surface area contributed by atoms with Gasteiger partial charge in [-0.25, -0.2) is 31.9 Å². The van der Waals surface area contributed by atoms with Gasteiger partial charge in [-0.2, -0.15) is 0 Å². The molecular weight excluding hydrogens is 338 g/mol. The van der Waals surface area contributed by atoms with Gasteiger partial charge in [0.05, 0.1) is 12.2 Å². The van der Waals surface area contributed by atoms with Crippen molar-refractivity contribution in [2.24, 2.45) is 0 Å². The fourth-order valence-electron chi connectivity index (χ4n) is 2.49. The van der Waals surface area contributed by atoms with Crippen LogP contribution < -0.4 is 9.62 Å². The Morgan fingerprint density at radius 3 is 2.62 bits per heavy atom. The van der Waals surface area contributed by atoms with Gasteiger partial charge in [-0.15, -0.1) is 0 Å². The zero-order chi connectivity index (χ0) is 17.2. The predicted molar refractivity (Wildman–Crippen MR) is 83.9 cm³/mol. The summed E-state index contributed by atoms with van der Waals surface area (Å²) in [6.07, 6.45) is 3.71. The van der Waals surface area contributed by atoms with Crippen LogP contribution >= 0.6 is 0 Å². The molecule has 1 N–H and O–H groups in total. The molecule has 0 atom stereocenters. The van der Waals surface area contributed by atoms with Crippen LogP contribution in [-0.2, 0) is 16.6 Å². The molecule has 1 aliphatic rings. The normalized spacial score (nSPS) is 15.0. The van der Waals surface area contributed by atoms with Crippen molar-refractivity contribution in [3.63, 3.8) is 0 Å². The third kappa shape index (κ3) is 3.68. The van der Waals surface area contributed by atoms with Crippen molar-refractivity contribution in [3.05, 3.63) is 47.8 Å². The summed E-state index contributed by atoms with van der Waals surface area (Å²) in [5, 5.41) is 0. The number of nitrogens with zero attached hydrogens (tertiary/aromatic N) is 3. The van der Waals surface area contributed by atoms with Gasteiger partial charge in [-0.3, -0.25) is 0 Å². The number of nitrogens with one attached hydrogen (secondary N) is 1. The molecule has 9 heteroatoms. The maximum absolute atomic E-state index is 13.6. The Balaban J connectivity index is 1.73. The van der Waals surface area contributed by atoms with E-state index >= 15 is 0 Å². The van der Waals surface area contributed by atoms with Gasteiger partial charge in [-0.05, 0) is 31.0 Å². The van der Waals surface area contributed by atoms with Crippen molar-refractivity contribution in [3.8, 4) is 0 Å². The molecule has 2 aromatic rings. The summed E-state index contributed by atoms with van der Waals surface area (Å²) < 4.78 is 53.1. The Morgan fingerprint density at radius 1 is 1.17 bits per heavy atom.